The molecule has 0 saturated carbocycles. The fraction of sp³-hybridized carbons (Fsp3) is 0.348. The zero-order valence-electron chi connectivity index (χ0n) is 17.5. The molecule has 6 nitrogen and oxygen atoms in total. The molecule has 0 spiro atoms. The summed E-state index contributed by atoms with van der Waals surface area (Å²) < 4.78 is 4.86. The molecule has 2 aromatic carbocycles. The topological polar surface area (TPSA) is 84.5 Å². The van der Waals surface area contributed by atoms with Gasteiger partial charge in [-0.1, -0.05) is 45.0 Å². The first-order chi connectivity index (χ1) is 13.6. The van der Waals surface area contributed by atoms with Gasteiger partial charge in [-0.3, -0.25) is 9.59 Å². The first-order valence-corrected chi connectivity index (χ1v) is 9.46. The molecule has 0 heterocycles. The Kier molecular flexibility index (Phi) is 7.15. The van der Waals surface area contributed by atoms with Crippen molar-refractivity contribution in [2.75, 3.05) is 12.4 Å². The maximum atomic E-state index is 12.6. The largest absolute Gasteiger partial charge is 0.467 e. The Morgan fingerprint density at radius 2 is 1.55 bits per heavy atom. The van der Waals surface area contributed by atoms with Crippen molar-refractivity contribution in [1.29, 1.82) is 0 Å². The van der Waals surface area contributed by atoms with E-state index in [1.165, 1.54) is 19.6 Å². The van der Waals surface area contributed by atoms with Crippen LogP contribution < -0.4 is 10.6 Å². The number of esters is 1. The minimum Gasteiger partial charge on any atom is -0.467 e. The summed E-state index contributed by atoms with van der Waals surface area (Å²) in [4.78, 5) is 35.9. The molecule has 0 saturated heterocycles. The monoisotopic (exact) mass is 396 g/mol. The highest BCUT2D eigenvalue weighted by atomic mass is 16.5. The third kappa shape index (κ3) is 6.45. The molecule has 1 atom stereocenters. The van der Waals surface area contributed by atoms with Crippen molar-refractivity contribution in [3.63, 3.8) is 0 Å². The Morgan fingerprint density at radius 3 is 2.03 bits per heavy atom. The molecule has 0 unspecified atom stereocenters. The SMILES string of the molecule is COC(=O)[C@H](Cc1ccc(C(C)(C)C)cc1)NC(=O)c1ccc(NC(C)=O)cc1. The second-order valence-corrected chi connectivity index (χ2v) is 7.96. The van der Waals surface area contributed by atoms with E-state index in [0.29, 0.717) is 17.7 Å². The van der Waals surface area contributed by atoms with Gasteiger partial charge in [0.1, 0.15) is 6.04 Å². The molecule has 0 aliphatic heterocycles. The van der Waals surface area contributed by atoms with E-state index in [0.717, 1.165) is 5.56 Å². The summed E-state index contributed by atoms with van der Waals surface area (Å²) in [6.07, 6.45) is 0.326. The normalized spacial score (nSPS) is 12.0. The van der Waals surface area contributed by atoms with Crippen LogP contribution in [0.15, 0.2) is 48.5 Å². The van der Waals surface area contributed by atoms with Crippen LogP contribution in [0.25, 0.3) is 0 Å². The van der Waals surface area contributed by atoms with E-state index >= 15 is 0 Å². The van der Waals surface area contributed by atoms with Crippen molar-refractivity contribution < 1.29 is 19.1 Å². The first kappa shape index (κ1) is 22.1. The van der Waals surface area contributed by atoms with Crippen molar-refractivity contribution in [2.24, 2.45) is 0 Å². The standard InChI is InChI=1S/C23H28N2O4/c1-15(26)24-19-12-8-17(9-13-19)21(27)25-20(22(28)29-5)14-16-6-10-18(11-7-16)23(2,3)4/h6-13,20H,14H2,1-5H3,(H,24,26)(H,25,27)/t20-/m0/s1. The highest BCUT2D eigenvalue weighted by Crippen LogP contribution is 2.22. The number of methoxy groups -OCH3 is 1. The molecular weight excluding hydrogens is 368 g/mol. The maximum absolute atomic E-state index is 12.6. The fourth-order valence-corrected chi connectivity index (χ4v) is 2.86. The lowest BCUT2D eigenvalue weighted by Crippen LogP contribution is -2.43. The Hall–Kier alpha value is -3.15. The van der Waals surface area contributed by atoms with E-state index in [-0.39, 0.29) is 17.2 Å². The molecular formula is C23H28N2O4. The summed E-state index contributed by atoms with van der Waals surface area (Å²) in [5, 5.41) is 5.38. The number of nitrogens with one attached hydrogen (secondary N) is 2. The van der Waals surface area contributed by atoms with Crippen LogP contribution in [0.1, 0.15) is 49.2 Å². The van der Waals surface area contributed by atoms with Gasteiger partial charge in [-0.25, -0.2) is 4.79 Å². The summed E-state index contributed by atoms with van der Waals surface area (Å²) >= 11 is 0. The lowest BCUT2D eigenvalue weighted by Gasteiger charge is -2.20. The van der Waals surface area contributed by atoms with Gasteiger partial charge in [-0.2, -0.15) is 0 Å². The van der Waals surface area contributed by atoms with Crippen molar-refractivity contribution in [1.82, 2.24) is 5.32 Å². The van der Waals surface area contributed by atoms with Crippen LogP contribution >= 0.6 is 0 Å². The lowest BCUT2D eigenvalue weighted by atomic mass is 9.86. The van der Waals surface area contributed by atoms with Crippen LogP contribution in [0, 0.1) is 0 Å². The maximum Gasteiger partial charge on any atom is 0.328 e. The molecule has 2 aromatic rings. The number of ether oxygens (including phenoxy) is 1. The van der Waals surface area contributed by atoms with Crippen LogP contribution in [0.5, 0.6) is 0 Å². The third-order valence-corrected chi connectivity index (χ3v) is 4.52. The molecule has 0 radical (unpaired) electrons. The number of rotatable bonds is 6. The summed E-state index contributed by atoms with van der Waals surface area (Å²) in [6, 6.07) is 13.6. The quantitative estimate of drug-likeness (QED) is 0.733. The summed E-state index contributed by atoms with van der Waals surface area (Å²) in [5.74, 6) is -1.08. The van der Waals surface area contributed by atoms with E-state index in [9.17, 15) is 14.4 Å². The lowest BCUT2D eigenvalue weighted by molar-refractivity contribution is -0.142. The van der Waals surface area contributed by atoms with Gasteiger partial charge in [0.05, 0.1) is 7.11 Å². The van der Waals surface area contributed by atoms with Crippen LogP contribution in [-0.4, -0.2) is 30.9 Å². The van der Waals surface area contributed by atoms with Crippen molar-refractivity contribution in [3.8, 4) is 0 Å². The van der Waals surface area contributed by atoms with Crippen molar-refractivity contribution in [2.45, 2.75) is 45.6 Å². The molecule has 2 amide bonds. The Morgan fingerprint density at radius 1 is 0.966 bits per heavy atom. The van der Waals surface area contributed by atoms with Crippen molar-refractivity contribution >= 4 is 23.5 Å². The summed E-state index contributed by atoms with van der Waals surface area (Å²) in [7, 11) is 1.30. The predicted octanol–water partition coefficient (Wildman–Crippen LogP) is 3.46. The van der Waals surface area contributed by atoms with E-state index in [4.69, 9.17) is 4.74 Å². The number of amides is 2. The van der Waals surface area contributed by atoms with Gasteiger partial charge in [0.15, 0.2) is 0 Å². The van der Waals surface area contributed by atoms with Crippen LogP contribution in [0.3, 0.4) is 0 Å². The van der Waals surface area contributed by atoms with E-state index in [1.807, 2.05) is 24.3 Å². The summed E-state index contributed by atoms with van der Waals surface area (Å²) in [6.45, 7) is 7.82. The molecule has 6 heteroatoms. The third-order valence-electron chi connectivity index (χ3n) is 4.52. The highest BCUT2D eigenvalue weighted by molar-refractivity contribution is 5.97. The van der Waals surface area contributed by atoms with Crippen LogP contribution in [0.2, 0.25) is 0 Å². The van der Waals surface area contributed by atoms with Gasteiger partial charge in [0.25, 0.3) is 5.91 Å². The Bertz CT molecular complexity index is 865. The van der Waals surface area contributed by atoms with Gasteiger partial charge < -0.3 is 15.4 Å². The number of hydrogen-bond acceptors (Lipinski definition) is 4. The molecule has 0 aromatic heterocycles. The first-order valence-electron chi connectivity index (χ1n) is 9.46. The molecule has 29 heavy (non-hydrogen) atoms. The Labute approximate surface area is 171 Å². The minimum atomic E-state index is -0.803. The predicted molar refractivity (Wildman–Crippen MR) is 113 cm³/mol. The number of hydrogen-bond donors (Lipinski definition) is 2. The number of benzene rings is 2. The van der Waals surface area contributed by atoms with Gasteiger partial charge >= 0.3 is 5.97 Å². The number of carbonyl (C=O) groups excluding carboxylic acids is 3. The fourth-order valence-electron chi connectivity index (χ4n) is 2.86. The molecule has 154 valence electrons. The second kappa shape index (κ2) is 9.37. The van der Waals surface area contributed by atoms with E-state index < -0.39 is 12.0 Å². The van der Waals surface area contributed by atoms with E-state index in [2.05, 4.69) is 31.4 Å². The zero-order valence-corrected chi connectivity index (χ0v) is 17.5. The van der Waals surface area contributed by atoms with Gasteiger partial charge in [0, 0.05) is 24.6 Å². The molecule has 0 aliphatic rings. The van der Waals surface area contributed by atoms with Gasteiger partial charge in [-0.05, 0) is 40.8 Å². The number of carbonyl (C=O) groups is 3. The van der Waals surface area contributed by atoms with Crippen LogP contribution in [-0.2, 0) is 26.2 Å². The Balaban J connectivity index is 2.11. The van der Waals surface area contributed by atoms with Crippen molar-refractivity contribution in [3.05, 3.63) is 65.2 Å². The average Bonchev–Trinajstić information content (AvgIpc) is 2.66. The second-order valence-electron chi connectivity index (χ2n) is 7.96. The number of anilines is 1. The summed E-state index contributed by atoms with van der Waals surface area (Å²) in [5.41, 5.74) is 3.14. The van der Waals surface area contributed by atoms with Gasteiger partial charge in [-0.15, -0.1) is 0 Å². The molecule has 2 rings (SSSR count). The minimum absolute atomic E-state index is 0.0396. The molecule has 0 aliphatic carbocycles. The smallest absolute Gasteiger partial charge is 0.328 e. The molecule has 2 N–H and O–H groups in total. The highest BCUT2D eigenvalue weighted by Gasteiger charge is 2.23. The van der Waals surface area contributed by atoms with Crippen LogP contribution in [0.4, 0.5) is 5.69 Å². The van der Waals surface area contributed by atoms with E-state index in [1.54, 1.807) is 24.3 Å². The average molecular weight is 396 g/mol. The molecule has 0 fully saturated rings. The van der Waals surface area contributed by atoms with Gasteiger partial charge in [0.2, 0.25) is 5.91 Å². The molecule has 0 bridgehead atoms. The zero-order chi connectivity index (χ0) is 21.6.